The molecule has 0 bridgehead atoms. The molecule has 1 N–H and O–H groups in total. The minimum Gasteiger partial charge on any atom is -0.462 e. The summed E-state index contributed by atoms with van der Waals surface area (Å²) in [6.45, 7) is 16.1. The minimum absolute atomic E-state index is 0.0701. The summed E-state index contributed by atoms with van der Waals surface area (Å²) < 4.78 is 73.5. The maximum atomic E-state index is 14.8. The molecule has 6 rings (SSSR count). The highest BCUT2D eigenvalue weighted by atomic mass is 19.4. The number of carbonyl (C=O) groups is 2. The van der Waals surface area contributed by atoms with Crippen molar-refractivity contribution in [3.05, 3.63) is 47.5 Å². The number of alkyl halides is 3. The van der Waals surface area contributed by atoms with Gasteiger partial charge in [-0.3, -0.25) is 4.79 Å². The van der Waals surface area contributed by atoms with Crippen LogP contribution < -0.4 is 0 Å². The van der Waals surface area contributed by atoms with Crippen molar-refractivity contribution in [3.8, 4) is 0 Å². The standard InChI is InChI=1S/C43H61F3O8/c1-25(47)52-33-20-21-39(6)29-19-23-40(7)28(18-22-41(40,8)30(29)16-17-32(39)37(33,2)3)27-24-31(53-35(27)50-9)34(38(4,5)49)54-36(48)42(51-10,43(44,45)46)26-14-12-11-13-15-26/h11-16,27-29,31-35,49H,17-24H2,1-10H3/t27-,28-,29-,31+,32-,33+,34-,35+,39+,40-,41+,42-/m0/s1. The summed E-state index contributed by atoms with van der Waals surface area (Å²) in [5.74, 6) is -1.11. The largest absolute Gasteiger partial charge is 0.462 e. The van der Waals surface area contributed by atoms with Crippen molar-refractivity contribution in [3.63, 3.8) is 0 Å². The van der Waals surface area contributed by atoms with Crippen LogP contribution in [0, 0.1) is 45.3 Å². The van der Waals surface area contributed by atoms with Crippen LogP contribution in [0.2, 0.25) is 0 Å². The summed E-state index contributed by atoms with van der Waals surface area (Å²) in [6.07, 6.45) is 1.20. The molecule has 12 atom stereocenters. The molecule has 0 radical (unpaired) electrons. The Hall–Kier alpha value is -2.47. The zero-order valence-corrected chi connectivity index (χ0v) is 33.7. The Morgan fingerprint density at radius 2 is 1.63 bits per heavy atom. The van der Waals surface area contributed by atoms with Crippen LogP contribution in [0.5, 0.6) is 0 Å². The van der Waals surface area contributed by atoms with Gasteiger partial charge in [-0.25, -0.2) is 4.79 Å². The van der Waals surface area contributed by atoms with E-state index in [4.69, 9.17) is 23.7 Å². The van der Waals surface area contributed by atoms with Gasteiger partial charge in [-0.2, -0.15) is 13.2 Å². The Balaban J connectivity index is 1.27. The van der Waals surface area contributed by atoms with Crippen LogP contribution >= 0.6 is 0 Å². The molecule has 0 amide bonds. The molecule has 0 spiro atoms. The molecule has 1 saturated heterocycles. The average molecular weight is 763 g/mol. The van der Waals surface area contributed by atoms with E-state index in [1.54, 1.807) is 13.2 Å². The molecule has 1 heterocycles. The maximum Gasteiger partial charge on any atom is 0.432 e. The van der Waals surface area contributed by atoms with Gasteiger partial charge in [0.2, 0.25) is 0 Å². The van der Waals surface area contributed by atoms with E-state index in [-0.39, 0.29) is 45.6 Å². The summed E-state index contributed by atoms with van der Waals surface area (Å²) in [5.41, 5.74) is -4.37. The highest BCUT2D eigenvalue weighted by Crippen LogP contribution is 2.74. The summed E-state index contributed by atoms with van der Waals surface area (Å²) in [7, 11) is 2.39. The van der Waals surface area contributed by atoms with Gasteiger partial charge < -0.3 is 28.8 Å². The fraction of sp³-hybridized carbons (Fsp3) is 0.767. The van der Waals surface area contributed by atoms with E-state index in [0.29, 0.717) is 18.3 Å². The molecule has 54 heavy (non-hydrogen) atoms. The summed E-state index contributed by atoms with van der Waals surface area (Å²) >= 11 is 0. The van der Waals surface area contributed by atoms with E-state index in [1.165, 1.54) is 50.6 Å². The number of halogens is 3. The van der Waals surface area contributed by atoms with Crippen molar-refractivity contribution in [2.24, 2.45) is 45.3 Å². The zero-order valence-electron chi connectivity index (χ0n) is 33.7. The monoisotopic (exact) mass is 762 g/mol. The van der Waals surface area contributed by atoms with Gasteiger partial charge >= 0.3 is 18.1 Å². The summed E-state index contributed by atoms with van der Waals surface area (Å²) in [6, 6.07) is 6.68. The Labute approximate surface area is 318 Å². The van der Waals surface area contributed by atoms with Crippen LogP contribution in [-0.4, -0.2) is 67.6 Å². The fourth-order valence-corrected chi connectivity index (χ4v) is 12.6. The Morgan fingerprint density at radius 3 is 2.20 bits per heavy atom. The van der Waals surface area contributed by atoms with E-state index in [9.17, 15) is 27.9 Å². The molecule has 1 aromatic rings. The second kappa shape index (κ2) is 13.9. The molecule has 4 aliphatic carbocycles. The van der Waals surface area contributed by atoms with Gasteiger partial charge in [0, 0.05) is 38.0 Å². The highest BCUT2D eigenvalue weighted by Gasteiger charge is 2.68. The Kier molecular flexibility index (Phi) is 10.6. The number of fused-ring (bicyclic) bond motifs is 5. The number of benzene rings is 1. The third-order valence-electron chi connectivity index (χ3n) is 15.5. The van der Waals surface area contributed by atoms with Crippen LogP contribution in [0.25, 0.3) is 0 Å². The first-order chi connectivity index (χ1) is 25.0. The predicted molar refractivity (Wildman–Crippen MR) is 196 cm³/mol. The molecule has 4 fully saturated rings. The van der Waals surface area contributed by atoms with Gasteiger partial charge in [0.15, 0.2) is 12.4 Å². The van der Waals surface area contributed by atoms with Crippen molar-refractivity contribution in [2.45, 2.75) is 149 Å². The molecule has 5 aliphatic rings. The van der Waals surface area contributed by atoms with Crippen LogP contribution in [-0.2, 0) is 38.9 Å². The quantitative estimate of drug-likeness (QED) is 0.197. The van der Waals surface area contributed by atoms with Gasteiger partial charge in [0.05, 0.1) is 5.60 Å². The number of hydrogen-bond donors (Lipinski definition) is 1. The second-order valence-corrected chi connectivity index (χ2v) is 18.8. The Bertz CT molecular complexity index is 1600. The number of esters is 2. The Morgan fingerprint density at radius 1 is 0.963 bits per heavy atom. The van der Waals surface area contributed by atoms with E-state index >= 15 is 0 Å². The van der Waals surface area contributed by atoms with Crippen molar-refractivity contribution in [1.82, 2.24) is 0 Å². The summed E-state index contributed by atoms with van der Waals surface area (Å²) in [5, 5.41) is 11.4. The van der Waals surface area contributed by atoms with Crippen molar-refractivity contribution in [2.75, 3.05) is 14.2 Å². The molecule has 302 valence electrons. The first kappa shape index (κ1) is 41.2. The second-order valence-electron chi connectivity index (χ2n) is 18.8. The van der Waals surface area contributed by atoms with Gasteiger partial charge in [-0.1, -0.05) is 76.6 Å². The number of hydrogen-bond acceptors (Lipinski definition) is 8. The number of carbonyl (C=O) groups excluding carboxylic acids is 2. The molecule has 8 nitrogen and oxygen atoms in total. The van der Waals surface area contributed by atoms with Crippen molar-refractivity contribution in [1.29, 1.82) is 0 Å². The molecular weight excluding hydrogens is 701 g/mol. The lowest BCUT2D eigenvalue weighted by Gasteiger charge is -2.64. The number of methoxy groups -OCH3 is 2. The minimum atomic E-state index is -5.16. The molecule has 1 aliphatic heterocycles. The number of aliphatic hydroxyl groups is 1. The van der Waals surface area contributed by atoms with Gasteiger partial charge in [0.1, 0.15) is 12.2 Å². The first-order valence-corrected chi connectivity index (χ1v) is 19.7. The lowest BCUT2D eigenvalue weighted by atomic mass is 9.41. The van der Waals surface area contributed by atoms with Crippen molar-refractivity contribution < 1.29 is 51.6 Å². The molecule has 11 heteroatoms. The van der Waals surface area contributed by atoms with E-state index in [1.807, 2.05) is 0 Å². The third-order valence-corrected chi connectivity index (χ3v) is 15.5. The van der Waals surface area contributed by atoms with Gasteiger partial charge in [-0.05, 0) is 99.2 Å². The zero-order chi connectivity index (χ0) is 39.9. The van der Waals surface area contributed by atoms with Gasteiger partial charge in [-0.15, -0.1) is 0 Å². The first-order valence-electron chi connectivity index (χ1n) is 19.7. The summed E-state index contributed by atoms with van der Waals surface area (Å²) in [4.78, 5) is 25.8. The SMILES string of the molecule is CO[C@@H]1O[C@@H]([C@H](OC(=O)[C@@](OC)(c2ccccc2)C(F)(F)F)C(C)(C)O)C[C@H]1[C@@H]1CC[C@]2(C)C3=CC[C@H]4C(C)(C)[C@H](OC(C)=O)CC[C@]4(C)[C@H]3CC[C@@]12C. The van der Waals surface area contributed by atoms with Crippen LogP contribution in [0.3, 0.4) is 0 Å². The van der Waals surface area contributed by atoms with Crippen LogP contribution in [0.4, 0.5) is 13.2 Å². The van der Waals surface area contributed by atoms with E-state index in [0.717, 1.165) is 52.1 Å². The van der Waals surface area contributed by atoms with Gasteiger partial charge in [0.25, 0.3) is 5.60 Å². The van der Waals surface area contributed by atoms with Crippen LogP contribution in [0.1, 0.15) is 112 Å². The third kappa shape index (κ3) is 6.17. The van der Waals surface area contributed by atoms with Crippen LogP contribution in [0.15, 0.2) is 42.0 Å². The molecule has 0 aromatic heterocycles. The van der Waals surface area contributed by atoms with E-state index in [2.05, 4.69) is 40.7 Å². The number of ether oxygens (including phenoxy) is 5. The maximum absolute atomic E-state index is 14.8. The average Bonchev–Trinajstić information content (AvgIpc) is 3.62. The highest BCUT2D eigenvalue weighted by molar-refractivity contribution is 5.83. The lowest BCUT2D eigenvalue weighted by Crippen LogP contribution is -2.58. The molecular formula is C43H61F3O8. The molecule has 3 saturated carbocycles. The van der Waals surface area contributed by atoms with E-state index < -0.39 is 47.4 Å². The smallest absolute Gasteiger partial charge is 0.432 e. The van der Waals surface area contributed by atoms with Crippen molar-refractivity contribution >= 4 is 11.9 Å². The molecule has 0 unspecified atom stereocenters. The predicted octanol–water partition coefficient (Wildman–Crippen LogP) is 8.69. The normalized spacial score (nSPS) is 39.3. The lowest BCUT2D eigenvalue weighted by molar-refractivity contribution is -0.284. The number of allylic oxidation sites excluding steroid dienone is 2. The number of rotatable bonds is 9. The topological polar surface area (TPSA) is 101 Å². The fourth-order valence-electron chi connectivity index (χ4n) is 12.6. The molecule has 1 aromatic carbocycles.